The molecule has 4 rings (SSSR count). The van der Waals surface area contributed by atoms with Crippen molar-refractivity contribution in [2.45, 2.75) is 31.4 Å². The molecule has 0 radical (unpaired) electrons. The highest BCUT2D eigenvalue weighted by atomic mass is 16.5. The van der Waals surface area contributed by atoms with Gasteiger partial charge in [-0.15, -0.1) is 0 Å². The Labute approximate surface area is 163 Å². The summed E-state index contributed by atoms with van der Waals surface area (Å²) in [6.45, 7) is 2.01. The van der Waals surface area contributed by atoms with Gasteiger partial charge in [0.15, 0.2) is 0 Å². The molecule has 2 aromatic rings. The fourth-order valence-corrected chi connectivity index (χ4v) is 3.82. The summed E-state index contributed by atoms with van der Waals surface area (Å²) in [6.07, 6.45) is 1.87. The number of aliphatic carboxylic acids is 1. The Morgan fingerprint density at radius 1 is 1.04 bits per heavy atom. The van der Waals surface area contributed by atoms with E-state index in [2.05, 4.69) is 0 Å². The predicted octanol–water partition coefficient (Wildman–Crippen LogP) is 3.07. The maximum atomic E-state index is 13.0. The van der Waals surface area contributed by atoms with Crippen LogP contribution in [-0.2, 0) is 16.1 Å². The molecule has 0 saturated carbocycles. The minimum atomic E-state index is -0.912. The Kier molecular flexibility index (Phi) is 5.30. The second kappa shape index (κ2) is 8.02. The lowest BCUT2D eigenvalue weighted by atomic mass is 9.89. The number of amides is 1. The van der Waals surface area contributed by atoms with Gasteiger partial charge in [0, 0.05) is 31.5 Å². The fraction of sp³-hybridized carbons (Fsp3) is 0.364. The van der Waals surface area contributed by atoms with Gasteiger partial charge in [0.1, 0.15) is 11.9 Å². The summed E-state index contributed by atoms with van der Waals surface area (Å²) >= 11 is 0. The van der Waals surface area contributed by atoms with Crippen LogP contribution in [-0.4, -0.2) is 47.7 Å². The second-order valence-electron chi connectivity index (χ2n) is 7.23. The van der Waals surface area contributed by atoms with Crippen molar-refractivity contribution in [1.82, 2.24) is 4.90 Å². The molecule has 146 valence electrons. The highest BCUT2D eigenvalue weighted by Gasteiger charge is 2.32. The summed E-state index contributed by atoms with van der Waals surface area (Å²) in [6, 6.07) is 14.5. The molecule has 2 heterocycles. The molecule has 28 heavy (non-hydrogen) atoms. The zero-order valence-electron chi connectivity index (χ0n) is 15.5. The van der Waals surface area contributed by atoms with Crippen LogP contribution in [0.3, 0.4) is 0 Å². The number of nitrogens with zero attached hydrogens (tertiary/aromatic N) is 1. The van der Waals surface area contributed by atoms with Crippen molar-refractivity contribution in [2.75, 3.05) is 19.8 Å². The minimum absolute atomic E-state index is 0.144. The molecule has 1 atom stereocenters. The van der Waals surface area contributed by atoms with E-state index in [9.17, 15) is 14.7 Å². The minimum Gasteiger partial charge on any atom is -0.490 e. The molecular formula is C22H23NO5. The summed E-state index contributed by atoms with van der Waals surface area (Å²) < 4.78 is 11.3. The number of carboxylic acid groups (broad SMARTS) is 1. The Hall–Kier alpha value is -2.86. The summed E-state index contributed by atoms with van der Waals surface area (Å²) in [5, 5.41) is 9.58. The van der Waals surface area contributed by atoms with Crippen molar-refractivity contribution in [3.63, 3.8) is 0 Å². The summed E-state index contributed by atoms with van der Waals surface area (Å²) in [5.41, 5.74) is 2.20. The smallest absolute Gasteiger partial charge is 0.312 e. The summed E-state index contributed by atoms with van der Waals surface area (Å²) in [7, 11) is 0. The molecule has 6 nitrogen and oxygen atoms in total. The van der Waals surface area contributed by atoms with E-state index in [0.717, 1.165) is 29.7 Å². The Morgan fingerprint density at radius 2 is 1.75 bits per heavy atom. The van der Waals surface area contributed by atoms with Gasteiger partial charge >= 0.3 is 5.97 Å². The van der Waals surface area contributed by atoms with Crippen LogP contribution in [0.4, 0.5) is 0 Å². The van der Waals surface area contributed by atoms with E-state index in [1.54, 1.807) is 29.2 Å². The van der Waals surface area contributed by atoms with Crippen LogP contribution in [0.25, 0.3) is 0 Å². The monoisotopic (exact) mass is 381 g/mol. The van der Waals surface area contributed by atoms with E-state index in [1.807, 2.05) is 24.3 Å². The molecule has 0 bridgehead atoms. The van der Waals surface area contributed by atoms with E-state index in [4.69, 9.17) is 9.47 Å². The van der Waals surface area contributed by atoms with Gasteiger partial charge in [0.05, 0.1) is 19.1 Å². The molecule has 0 spiro atoms. The maximum absolute atomic E-state index is 13.0. The lowest BCUT2D eigenvalue weighted by Crippen LogP contribution is -2.40. The van der Waals surface area contributed by atoms with Crippen molar-refractivity contribution in [1.29, 1.82) is 0 Å². The van der Waals surface area contributed by atoms with Crippen molar-refractivity contribution < 1.29 is 24.2 Å². The van der Waals surface area contributed by atoms with Crippen LogP contribution in [0, 0.1) is 0 Å². The Bertz CT molecular complexity index is 857. The van der Waals surface area contributed by atoms with Crippen LogP contribution in [0.2, 0.25) is 0 Å². The lowest BCUT2D eigenvalue weighted by molar-refractivity contribution is -0.139. The van der Waals surface area contributed by atoms with Crippen LogP contribution < -0.4 is 4.74 Å². The number of carboxylic acids is 1. The molecule has 2 aromatic carbocycles. The van der Waals surface area contributed by atoms with E-state index >= 15 is 0 Å². The normalized spacial score (nSPS) is 19.7. The molecule has 1 unspecified atom stereocenters. The number of hydrogen-bond donors (Lipinski definition) is 1. The second-order valence-corrected chi connectivity index (χ2v) is 7.23. The maximum Gasteiger partial charge on any atom is 0.312 e. The van der Waals surface area contributed by atoms with E-state index < -0.39 is 11.9 Å². The molecular weight excluding hydrogens is 358 g/mol. The van der Waals surface area contributed by atoms with E-state index in [1.165, 1.54) is 0 Å². The molecule has 2 aliphatic heterocycles. The molecule has 1 N–H and O–H groups in total. The van der Waals surface area contributed by atoms with Gasteiger partial charge in [-0.3, -0.25) is 9.59 Å². The highest BCUT2D eigenvalue weighted by molar-refractivity contribution is 5.95. The number of fused-ring (bicyclic) bond motifs is 1. The number of carbonyl (C=O) groups is 2. The van der Waals surface area contributed by atoms with Gasteiger partial charge in [-0.25, -0.2) is 0 Å². The molecule has 0 aromatic heterocycles. The molecule has 1 fully saturated rings. The first-order valence-electron chi connectivity index (χ1n) is 9.56. The molecule has 1 saturated heterocycles. The first kappa shape index (κ1) is 18.5. The average Bonchev–Trinajstić information content (AvgIpc) is 2.73. The molecule has 2 aliphatic rings. The standard InChI is InChI=1S/C22H23NO5/c24-21(15-5-7-17(8-6-15)28-18-9-11-27-12-10-18)23-13-16-3-1-2-4-19(16)20(14-23)22(25)26/h1-8,18,20H,9-14H2,(H,25,26). The van der Waals surface area contributed by atoms with Gasteiger partial charge < -0.3 is 19.5 Å². The highest BCUT2D eigenvalue weighted by Crippen LogP contribution is 2.29. The van der Waals surface area contributed by atoms with Crippen molar-refractivity contribution in [2.24, 2.45) is 0 Å². The Morgan fingerprint density at radius 3 is 2.46 bits per heavy atom. The van der Waals surface area contributed by atoms with Gasteiger partial charge in [-0.1, -0.05) is 24.3 Å². The SMILES string of the molecule is O=C(O)C1CN(C(=O)c2ccc(OC3CCOCC3)cc2)Cc2ccccc21. The van der Waals surface area contributed by atoms with Crippen LogP contribution in [0.5, 0.6) is 5.75 Å². The molecule has 1 amide bonds. The van der Waals surface area contributed by atoms with Gasteiger partial charge in [-0.05, 0) is 35.4 Å². The summed E-state index contributed by atoms with van der Waals surface area (Å²) in [5.74, 6) is -1.05. The third-order valence-corrected chi connectivity index (χ3v) is 5.35. The largest absolute Gasteiger partial charge is 0.490 e. The first-order valence-corrected chi connectivity index (χ1v) is 9.56. The lowest BCUT2D eigenvalue weighted by Gasteiger charge is -2.33. The molecule has 0 aliphatic carbocycles. The van der Waals surface area contributed by atoms with Crippen molar-refractivity contribution in [3.8, 4) is 5.75 Å². The number of benzene rings is 2. The third kappa shape index (κ3) is 3.87. The number of ether oxygens (including phenoxy) is 2. The quantitative estimate of drug-likeness (QED) is 0.881. The van der Waals surface area contributed by atoms with Crippen LogP contribution in [0.1, 0.15) is 40.2 Å². The zero-order chi connectivity index (χ0) is 19.5. The summed E-state index contributed by atoms with van der Waals surface area (Å²) in [4.78, 5) is 26.3. The van der Waals surface area contributed by atoms with E-state index in [0.29, 0.717) is 25.3 Å². The van der Waals surface area contributed by atoms with Crippen molar-refractivity contribution >= 4 is 11.9 Å². The zero-order valence-corrected chi connectivity index (χ0v) is 15.5. The van der Waals surface area contributed by atoms with Crippen molar-refractivity contribution in [3.05, 3.63) is 65.2 Å². The topological polar surface area (TPSA) is 76.1 Å². The average molecular weight is 381 g/mol. The molecule has 6 heteroatoms. The first-order chi connectivity index (χ1) is 13.6. The fourth-order valence-electron chi connectivity index (χ4n) is 3.82. The van der Waals surface area contributed by atoms with Crippen LogP contribution >= 0.6 is 0 Å². The van der Waals surface area contributed by atoms with Gasteiger partial charge in [-0.2, -0.15) is 0 Å². The Balaban J connectivity index is 1.47. The van der Waals surface area contributed by atoms with Crippen LogP contribution in [0.15, 0.2) is 48.5 Å². The number of hydrogen-bond acceptors (Lipinski definition) is 4. The van der Waals surface area contributed by atoms with Gasteiger partial charge in [0.2, 0.25) is 0 Å². The number of carbonyl (C=O) groups excluding carboxylic acids is 1. The van der Waals surface area contributed by atoms with Gasteiger partial charge in [0.25, 0.3) is 5.91 Å². The van der Waals surface area contributed by atoms with E-state index in [-0.39, 0.29) is 18.6 Å². The predicted molar refractivity (Wildman–Crippen MR) is 102 cm³/mol. The number of rotatable bonds is 4. The third-order valence-electron chi connectivity index (χ3n) is 5.35.